The summed E-state index contributed by atoms with van der Waals surface area (Å²) in [7, 11) is 0. The average Bonchev–Trinajstić information content (AvgIpc) is 3.37. The molecular weight excluding hydrogens is 452 g/mol. The van der Waals surface area contributed by atoms with E-state index in [1.165, 1.54) is 10.7 Å². The molecule has 3 aromatic rings. The van der Waals surface area contributed by atoms with E-state index in [1.54, 1.807) is 25.1 Å². The molecule has 34 heavy (non-hydrogen) atoms. The Morgan fingerprint density at radius 1 is 1.21 bits per heavy atom. The zero-order valence-corrected chi connectivity index (χ0v) is 19.6. The number of nitrogens with one attached hydrogen (secondary N) is 1. The van der Waals surface area contributed by atoms with Crippen LogP contribution in [0, 0.1) is 13.8 Å². The number of azo groups is 1. The lowest BCUT2D eigenvalue weighted by Crippen LogP contribution is -2.15. The van der Waals surface area contributed by atoms with Gasteiger partial charge in [-0.2, -0.15) is 0 Å². The van der Waals surface area contributed by atoms with E-state index in [2.05, 4.69) is 21.9 Å². The first-order chi connectivity index (χ1) is 16.2. The molecule has 0 amide bonds. The smallest absolute Gasteiger partial charge is 0.345 e. The Bertz CT molecular complexity index is 1440. The maximum atomic E-state index is 13.1. The number of nitrogens with zero attached hydrogens (tertiary/aromatic N) is 3. The van der Waals surface area contributed by atoms with Gasteiger partial charge in [0.05, 0.1) is 11.4 Å². The van der Waals surface area contributed by atoms with Crippen LogP contribution in [-0.4, -0.2) is 26.0 Å². The van der Waals surface area contributed by atoms with Crippen molar-refractivity contribution in [3.8, 4) is 16.2 Å². The number of carbonyl (C=O) groups is 1. The molecule has 0 radical (unpaired) electrons. The molecule has 4 rings (SSSR count). The van der Waals surface area contributed by atoms with Crippen molar-refractivity contribution in [3.63, 3.8) is 0 Å². The lowest BCUT2D eigenvalue weighted by atomic mass is 10.1. The van der Waals surface area contributed by atoms with Crippen molar-refractivity contribution in [3.05, 3.63) is 81.1 Å². The molecule has 2 aromatic heterocycles. The predicted molar refractivity (Wildman–Crippen MR) is 133 cm³/mol. The van der Waals surface area contributed by atoms with E-state index in [0.29, 0.717) is 21.8 Å². The SMILES string of the molecule is C=C1/C=C\C(n2[nH]c(C)c(N=Nc3cc(C)cc(-c4ccc(C(=O)O)s4)c3O)c2=O)=C/CCC1. The van der Waals surface area contributed by atoms with Crippen LogP contribution in [-0.2, 0) is 0 Å². The number of aromatic amines is 1. The van der Waals surface area contributed by atoms with Crippen molar-refractivity contribution >= 4 is 34.4 Å². The highest BCUT2D eigenvalue weighted by Crippen LogP contribution is 2.41. The second-order valence-corrected chi connectivity index (χ2v) is 9.17. The molecule has 0 bridgehead atoms. The normalized spacial score (nSPS) is 16.8. The third-order valence-electron chi connectivity index (χ3n) is 5.42. The Kier molecular flexibility index (Phi) is 6.47. The Hall–Kier alpha value is -3.98. The molecule has 0 spiro atoms. The number of aromatic hydroxyl groups is 1. The molecule has 0 fully saturated rings. The number of aryl methyl sites for hydroxylation is 2. The van der Waals surface area contributed by atoms with Crippen LogP contribution >= 0.6 is 11.3 Å². The van der Waals surface area contributed by atoms with Gasteiger partial charge in [0.2, 0.25) is 0 Å². The number of hydrogen-bond acceptors (Lipinski definition) is 6. The number of benzene rings is 1. The third kappa shape index (κ3) is 4.69. The highest BCUT2D eigenvalue weighted by atomic mass is 32.1. The van der Waals surface area contributed by atoms with Gasteiger partial charge in [-0.25, -0.2) is 9.48 Å². The van der Waals surface area contributed by atoms with Crippen LogP contribution in [0.5, 0.6) is 5.75 Å². The lowest BCUT2D eigenvalue weighted by molar-refractivity contribution is 0.0702. The van der Waals surface area contributed by atoms with Crippen LogP contribution in [0.15, 0.2) is 69.7 Å². The average molecular weight is 477 g/mol. The third-order valence-corrected chi connectivity index (χ3v) is 6.52. The summed E-state index contributed by atoms with van der Waals surface area (Å²) in [5.74, 6) is -1.16. The number of phenols is 1. The van der Waals surface area contributed by atoms with Crippen molar-refractivity contribution in [2.75, 3.05) is 0 Å². The van der Waals surface area contributed by atoms with E-state index in [4.69, 9.17) is 0 Å². The number of H-pyrrole nitrogens is 1. The molecule has 0 atom stereocenters. The number of rotatable bonds is 5. The molecule has 9 heteroatoms. The summed E-state index contributed by atoms with van der Waals surface area (Å²) in [5, 5.41) is 31.4. The summed E-state index contributed by atoms with van der Waals surface area (Å²) < 4.78 is 1.43. The second kappa shape index (κ2) is 9.48. The zero-order valence-electron chi connectivity index (χ0n) is 18.8. The highest BCUT2D eigenvalue weighted by molar-refractivity contribution is 7.17. The van der Waals surface area contributed by atoms with Crippen molar-refractivity contribution in [2.24, 2.45) is 10.2 Å². The molecule has 1 aliphatic rings. The predicted octanol–water partition coefficient (Wildman–Crippen LogP) is 6.48. The number of carboxylic acids is 1. The van der Waals surface area contributed by atoms with Crippen molar-refractivity contribution in [1.82, 2.24) is 9.78 Å². The van der Waals surface area contributed by atoms with Gasteiger partial charge in [0.15, 0.2) is 11.4 Å². The molecule has 174 valence electrons. The Morgan fingerprint density at radius 2 is 2.00 bits per heavy atom. The first-order valence-electron chi connectivity index (χ1n) is 10.7. The van der Waals surface area contributed by atoms with Crippen LogP contribution in [0.3, 0.4) is 0 Å². The molecule has 3 N–H and O–H groups in total. The highest BCUT2D eigenvalue weighted by Gasteiger charge is 2.17. The summed E-state index contributed by atoms with van der Waals surface area (Å²) >= 11 is 1.06. The first kappa shape index (κ1) is 23.2. The topological polar surface area (TPSA) is 120 Å². The van der Waals surface area contributed by atoms with E-state index < -0.39 is 5.97 Å². The van der Waals surface area contributed by atoms with Gasteiger partial charge < -0.3 is 10.2 Å². The Morgan fingerprint density at radius 3 is 2.74 bits per heavy atom. The number of phenolic OH excluding ortho intramolecular Hbond substituents is 1. The van der Waals surface area contributed by atoms with Gasteiger partial charge in [0.1, 0.15) is 10.6 Å². The van der Waals surface area contributed by atoms with E-state index in [-0.39, 0.29) is 27.6 Å². The molecular formula is C25H24N4O4S. The van der Waals surface area contributed by atoms with E-state index >= 15 is 0 Å². The van der Waals surface area contributed by atoms with Crippen LogP contribution in [0.2, 0.25) is 0 Å². The van der Waals surface area contributed by atoms with Gasteiger partial charge in [-0.3, -0.25) is 9.89 Å². The molecule has 0 aliphatic heterocycles. The van der Waals surface area contributed by atoms with Crippen LogP contribution in [0.25, 0.3) is 16.1 Å². The summed E-state index contributed by atoms with van der Waals surface area (Å²) in [6.45, 7) is 7.58. The maximum Gasteiger partial charge on any atom is 0.345 e. The minimum atomic E-state index is -1.03. The standard InChI is InChI=1S/C25H24N4O4S/c1-14-6-4-5-7-17(9-8-14)29-24(31)22(16(3)28-29)27-26-19-13-15(2)12-18(23(19)30)20-10-11-21(34-20)25(32)33/h7-13,28,30H,1,4-6H2,2-3H3,(H,32,33)/b9-8-,17-7+,27-26?. The largest absolute Gasteiger partial charge is 0.505 e. The summed E-state index contributed by atoms with van der Waals surface area (Å²) in [4.78, 5) is 25.1. The fraction of sp³-hybridized carbons (Fsp3) is 0.200. The quantitative estimate of drug-likeness (QED) is 0.365. The first-order valence-corrected chi connectivity index (χ1v) is 11.5. The Balaban J connectivity index is 1.70. The van der Waals surface area contributed by atoms with Gasteiger partial charge in [-0.15, -0.1) is 21.6 Å². The van der Waals surface area contributed by atoms with Gasteiger partial charge >= 0.3 is 5.97 Å². The van der Waals surface area contributed by atoms with Crippen molar-refractivity contribution < 1.29 is 15.0 Å². The van der Waals surface area contributed by atoms with Gasteiger partial charge in [-0.1, -0.05) is 24.3 Å². The van der Waals surface area contributed by atoms with Crippen LogP contribution in [0.1, 0.15) is 40.2 Å². The number of carboxylic acid groups (broad SMARTS) is 1. The second-order valence-electron chi connectivity index (χ2n) is 8.09. The molecule has 1 aliphatic carbocycles. The number of thiophene rings is 1. The molecule has 0 saturated heterocycles. The minimum absolute atomic E-state index is 0.133. The fourth-order valence-electron chi connectivity index (χ4n) is 3.66. The zero-order chi connectivity index (χ0) is 24.4. The van der Waals surface area contributed by atoms with Crippen molar-refractivity contribution in [2.45, 2.75) is 33.1 Å². The fourth-order valence-corrected chi connectivity index (χ4v) is 4.52. The lowest BCUT2D eigenvalue weighted by Gasteiger charge is -2.07. The molecule has 0 saturated carbocycles. The molecule has 0 unspecified atom stereocenters. The number of aromatic carboxylic acids is 1. The summed E-state index contributed by atoms with van der Waals surface area (Å²) in [5.41, 5.74) is 3.51. The van der Waals surface area contributed by atoms with Gasteiger partial charge in [0, 0.05) is 10.4 Å². The molecule has 8 nitrogen and oxygen atoms in total. The van der Waals surface area contributed by atoms with Crippen molar-refractivity contribution in [1.29, 1.82) is 0 Å². The number of aromatic nitrogens is 2. The summed E-state index contributed by atoms with van der Waals surface area (Å²) in [6, 6.07) is 6.54. The molecule has 2 heterocycles. The van der Waals surface area contributed by atoms with Gasteiger partial charge in [0.25, 0.3) is 5.56 Å². The summed E-state index contributed by atoms with van der Waals surface area (Å²) in [6.07, 6.45) is 8.45. The molecule has 1 aromatic carbocycles. The van der Waals surface area contributed by atoms with E-state index in [0.717, 1.165) is 41.7 Å². The number of hydrogen-bond donors (Lipinski definition) is 3. The monoisotopic (exact) mass is 476 g/mol. The Labute approximate surface area is 199 Å². The minimum Gasteiger partial charge on any atom is -0.505 e. The van der Waals surface area contributed by atoms with Crippen LogP contribution < -0.4 is 5.56 Å². The van der Waals surface area contributed by atoms with Gasteiger partial charge in [-0.05, 0) is 69.0 Å². The van der Waals surface area contributed by atoms with E-state index in [1.807, 2.05) is 25.2 Å². The van der Waals surface area contributed by atoms with Crippen LogP contribution in [0.4, 0.5) is 11.4 Å². The van der Waals surface area contributed by atoms with E-state index in [9.17, 15) is 19.8 Å². The number of allylic oxidation sites excluding steroid dienone is 5. The maximum absolute atomic E-state index is 13.1.